The highest BCUT2D eigenvalue weighted by Gasteiger charge is 2.42. The monoisotopic (exact) mass is 378 g/mol. The second-order valence-corrected chi connectivity index (χ2v) is 8.26. The van der Waals surface area contributed by atoms with Crippen LogP contribution in [0.15, 0.2) is 6.07 Å². The van der Waals surface area contributed by atoms with E-state index in [-0.39, 0.29) is 23.7 Å². The summed E-state index contributed by atoms with van der Waals surface area (Å²) >= 11 is 1.26. The number of carbonyl (C=O) groups excluding carboxylic acids is 3. The number of nitrogens with one attached hydrogen (secondary N) is 2. The first-order valence-corrected chi connectivity index (χ1v) is 10.2. The SMILES string of the molecule is CCOC(=O)C1(NC(=O)c2sc(NC(=O)C3CC3)cc2C)CCCCC1. The van der Waals surface area contributed by atoms with Crippen molar-refractivity contribution in [1.82, 2.24) is 5.32 Å². The summed E-state index contributed by atoms with van der Waals surface area (Å²) in [5, 5.41) is 6.52. The number of esters is 1. The Labute approximate surface area is 157 Å². The third-order valence-corrected chi connectivity index (χ3v) is 6.20. The minimum absolute atomic E-state index is 0.0217. The quantitative estimate of drug-likeness (QED) is 0.743. The Morgan fingerprint density at radius 2 is 1.92 bits per heavy atom. The fourth-order valence-electron chi connectivity index (χ4n) is 3.42. The summed E-state index contributed by atoms with van der Waals surface area (Å²) in [6, 6.07) is 1.82. The fourth-order valence-corrected chi connectivity index (χ4v) is 4.39. The highest BCUT2D eigenvalue weighted by atomic mass is 32.1. The summed E-state index contributed by atoms with van der Waals surface area (Å²) in [6.45, 7) is 3.91. The first-order chi connectivity index (χ1) is 12.4. The molecular weight excluding hydrogens is 352 g/mol. The molecule has 0 aliphatic heterocycles. The van der Waals surface area contributed by atoms with E-state index in [4.69, 9.17) is 4.74 Å². The van der Waals surface area contributed by atoms with Crippen molar-refractivity contribution in [1.29, 1.82) is 0 Å². The molecule has 2 N–H and O–H groups in total. The van der Waals surface area contributed by atoms with E-state index in [1.807, 2.05) is 13.0 Å². The normalized spacial score (nSPS) is 18.8. The maximum atomic E-state index is 12.9. The summed E-state index contributed by atoms with van der Waals surface area (Å²) in [6.07, 6.45) is 5.93. The number of ether oxygens (including phenoxy) is 1. The molecule has 2 aliphatic carbocycles. The van der Waals surface area contributed by atoms with Gasteiger partial charge in [0.15, 0.2) is 0 Å². The van der Waals surface area contributed by atoms with E-state index >= 15 is 0 Å². The van der Waals surface area contributed by atoms with Crippen LogP contribution in [0.5, 0.6) is 0 Å². The first kappa shape index (κ1) is 18.9. The van der Waals surface area contributed by atoms with Crippen molar-refractivity contribution in [2.75, 3.05) is 11.9 Å². The van der Waals surface area contributed by atoms with Crippen LogP contribution in [0, 0.1) is 12.8 Å². The molecule has 0 bridgehead atoms. The van der Waals surface area contributed by atoms with E-state index in [1.54, 1.807) is 6.92 Å². The Morgan fingerprint density at radius 1 is 1.23 bits per heavy atom. The number of aryl methyl sites for hydroxylation is 1. The van der Waals surface area contributed by atoms with E-state index in [9.17, 15) is 14.4 Å². The number of carbonyl (C=O) groups is 3. The van der Waals surface area contributed by atoms with Gasteiger partial charge in [-0.05, 0) is 51.2 Å². The fraction of sp³-hybridized carbons (Fsp3) is 0.632. The minimum Gasteiger partial charge on any atom is -0.464 e. The largest absolute Gasteiger partial charge is 0.464 e. The molecule has 1 aromatic rings. The molecule has 26 heavy (non-hydrogen) atoms. The van der Waals surface area contributed by atoms with Gasteiger partial charge in [-0.2, -0.15) is 0 Å². The van der Waals surface area contributed by atoms with Gasteiger partial charge in [0.2, 0.25) is 5.91 Å². The molecule has 0 unspecified atom stereocenters. The van der Waals surface area contributed by atoms with Crippen LogP contribution < -0.4 is 10.6 Å². The summed E-state index contributed by atoms with van der Waals surface area (Å²) in [4.78, 5) is 37.8. The molecule has 142 valence electrons. The van der Waals surface area contributed by atoms with Gasteiger partial charge >= 0.3 is 5.97 Å². The zero-order chi connectivity index (χ0) is 18.7. The van der Waals surface area contributed by atoms with E-state index < -0.39 is 5.54 Å². The Balaban J connectivity index is 1.73. The number of amides is 2. The van der Waals surface area contributed by atoms with Crippen molar-refractivity contribution in [3.63, 3.8) is 0 Å². The first-order valence-electron chi connectivity index (χ1n) is 9.36. The van der Waals surface area contributed by atoms with Gasteiger partial charge in [0.25, 0.3) is 5.91 Å². The summed E-state index contributed by atoms with van der Waals surface area (Å²) < 4.78 is 5.24. The van der Waals surface area contributed by atoms with Crippen LogP contribution in [-0.4, -0.2) is 29.9 Å². The van der Waals surface area contributed by atoms with Gasteiger partial charge in [-0.15, -0.1) is 11.3 Å². The minimum atomic E-state index is -0.931. The van der Waals surface area contributed by atoms with Gasteiger partial charge in [-0.1, -0.05) is 19.3 Å². The highest BCUT2D eigenvalue weighted by molar-refractivity contribution is 7.18. The predicted molar refractivity (Wildman–Crippen MR) is 100 cm³/mol. The van der Waals surface area contributed by atoms with Gasteiger partial charge in [-0.25, -0.2) is 4.79 Å². The highest BCUT2D eigenvalue weighted by Crippen LogP contribution is 2.34. The average molecular weight is 378 g/mol. The lowest BCUT2D eigenvalue weighted by atomic mass is 9.81. The molecule has 0 atom stereocenters. The third-order valence-electron chi connectivity index (χ3n) is 5.04. The molecule has 0 radical (unpaired) electrons. The number of hydrogen-bond donors (Lipinski definition) is 2. The van der Waals surface area contributed by atoms with Crippen molar-refractivity contribution in [3.8, 4) is 0 Å². The molecule has 0 saturated heterocycles. The maximum absolute atomic E-state index is 12.9. The molecule has 0 spiro atoms. The second-order valence-electron chi connectivity index (χ2n) is 7.20. The lowest BCUT2D eigenvalue weighted by Crippen LogP contribution is -2.56. The van der Waals surface area contributed by atoms with Crippen molar-refractivity contribution in [2.45, 2.75) is 64.3 Å². The molecule has 2 amide bonds. The van der Waals surface area contributed by atoms with Crippen LogP contribution in [0.2, 0.25) is 0 Å². The Hall–Kier alpha value is -1.89. The van der Waals surface area contributed by atoms with Crippen molar-refractivity contribution in [3.05, 3.63) is 16.5 Å². The van der Waals surface area contributed by atoms with Crippen LogP contribution in [-0.2, 0) is 14.3 Å². The van der Waals surface area contributed by atoms with Gasteiger partial charge in [0, 0.05) is 5.92 Å². The van der Waals surface area contributed by atoms with Crippen LogP contribution in [0.4, 0.5) is 5.00 Å². The topological polar surface area (TPSA) is 84.5 Å². The average Bonchev–Trinajstić information content (AvgIpc) is 3.40. The second kappa shape index (κ2) is 7.78. The standard InChI is InChI=1S/C19H26N2O4S/c1-3-25-18(24)19(9-5-4-6-10-19)21-17(23)15-12(2)11-14(26-15)20-16(22)13-7-8-13/h11,13H,3-10H2,1-2H3,(H,20,22)(H,21,23). The molecule has 3 rings (SSSR count). The van der Waals surface area contributed by atoms with Gasteiger partial charge in [-0.3, -0.25) is 9.59 Å². The van der Waals surface area contributed by atoms with Gasteiger partial charge in [0.1, 0.15) is 5.54 Å². The summed E-state index contributed by atoms with van der Waals surface area (Å²) in [5.41, 5.74) is -0.132. The molecular formula is C19H26N2O4S. The molecule has 1 heterocycles. The Bertz CT molecular complexity index is 702. The number of thiophene rings is 1. The van der Waals surface area contributed by atoms with Crippen LogP contribution >= 0.6 is 11.3 Å². The van der Waals surface area contributed by atoms with Gasteiger partial charge < -0.3 is 15.4 Å². The number of anilines is 1. The van der Waals surface area contributed by atoms with Crippen molar-refractivity contribution in [2.24, 2.45) is 5.92 Å². The molecule has 2 fully saturated rings. The van der Waals surface area contributed by atoms with E-state index in [2.05, 4.69) is 10.6 Å². The van der Waals surface area contributed by atoms with E-state index in [0.29, 0.717) is 29.3 Å². The smallest absolute Gasteiger partial charge is 0.331 e. The lowest BCUT2D eigenvalue weighted by Gasteiger charge is -2.35. The number of hydrogen-bond acceptors (Lipinski definition) is 5. The maximum Gasteiger partial charge on any atom is 0.331 e. The van der Waals surface area contributed by atoms with Crippen LogP contribution in [0.1, 0.15) is 67.1 Å². The zero-order valence-corrected chi connectivity index (χ0v) is 16.2. The number of rotatable bonds is 6. The molecule has 6 nitrogen and oxygen atoms in total. The van der Waals surface area contributed by atoms with Crippen molar-refractivity contribution < 1.29 is 19.1 Å². The van der Waals surface area contributed by atoms with E-state index in [1.165, 1.54) is 11.3 Å². The zero-order valence-electron chi connectivity index (χ0n) is 15.4. The third kappa shape index (κ3) is 4.09. The van der Waals surface area contributed by atoms with Crippen LogP contribution in [0.25, 0.3) is 0 Å². The Morgan fingerprint density at radius 3 is 2.54 bits per heavy atom. The summed E-state index contributed by atoms with van der Waals surface area (Å²) in [7, 11) is 0. The molecule has 7 heteroatoms. The Kier molecular flexibility index (Phi) is 5.65. The molecule has 0 aromatic carbocycles. The van der Waals surface area contributed by atoms with Crippen LogP contribution in [0.3, 0.4) is 0 Å². The van der Waals surface area contributed by atoms with E-state index in [0.717, 1.165) is 37.7 Å². The molecule has 1 aromatic heterocycles. The molecule has 2 aliphatic rings. The predicted octanol–water partition coefficient (Wildman–Crippen LogP) is 3.40. The lowest BCUT2D eigenvalue weighted by molar-refractivity contribution is -0.152. The van der Waals surface area contributed by atoms with Gasteiger partial charge in [0.05, 0.1) is 16.5 Å². The molecule has 2 saturated carbocycles. The summed E-state index contributed by atoms with van der Waals surface area (Å²) in [5.74, 6) is -0.476. The van der Waals surface area contributed by atoms with Crippen molar-refractivity contribution >= 4 is 34.1 Å².